The van der Waals surface area contributed by atoms with Crippen molar-refractivity contribution in [3.8, 4) is 0 Å². The number of nitrogens with zero attached hydrogens (tertiary/aromatic N) is 3. The number of benzene rings is 1. The van der Waals surface area contributed by atoms with Gasteiger partial charge >= 0.3 is 0 Å². The highest BCUT2D eigenvalue weighted by Crippen LogP contribution is 2.17. The fourth-order valence-corrected chi connectivity index (χ4v) is 3.17. The molecule has 1 aromatic heterocycles. The predicted octanol–water partition coefficient (Wildman–Crippen LogP) is 1.91. The number of hydrogen-bond acceptors (Lipinski definition) is 4. The number of carbonyl (C=O) groups excluding carboxylic acids is 1. The van der Waals surface area contributed by atoms with E-state index in [4.69, 9.17) is 0 Å². The van der Waals surface area contributed by atoms with Crippen molar-refractivity contribution in [3.63, 3.8) is 0 Å². The van der Waals surface area contributed by atoms with Gasteiger partial charge < -0.3 is 10.2 Å². The van der Waals surface area contributed by atoms with E-state index >= 15 is 0 Å². The normalized spacial score (nSPS) is 16.9. The number of nitrogens with one attached hydrogen (secondary N) is 1. The van der Waals surface area contributed by atoms with Crippen molar-refractivity contribution in [3.05, 3.63) is 40.3 Å². The van der Waals surface area contributed by atoms with E-state index in [0.29, 0.717) is 23.0 Å². The van der Waals surface area contributed by atoms with E-state index in [1.165, 1.54) is 4.68 Å². The maximum atomic E-state index is 13.0. The number of amides is 1. The molecule has 1 fully saturated rings. The molecule has 0 spiro atoms. The quantitative estimate of drug-likeness (QED) is 0.899. The Labute approximate surface area is 153 Å². The lowest BCUT2D eigenvalue weighted by Crippen LogP contribution is -2.40. The van der Waals surface area contributed by atoms with Gasteiger partial charge in [-0.25, -0.2) is 4.68 Å². The van der Waals surface area contributed by atoms with Gasteiger partial charge in [-0.2, -0.15) is 5.10 Å². The third-order valence-electron chi connectivity index (χ3n) is 4.51. The monoisotopic (exact) mass is 364 g/mol. The summed E-state index contributed by atoms with van der Waals surface area (Å²) in [5.41, 5.74) is 0.223. The Balaban J connectivity index is 0.00000225. The second kappa shape index (κ2) is 7.97. The largest absolute Gasteiger partial charge is 0.336 e. The number of likely N-dealkylation sites (N-methyl/N-ethyl adjacent to an activating group) is 1. The smallest absolute Gasteiger partial charge is 0.274 e. The molecule has 0 radical (unpaired) electrons. The number of aromatic nitrogens is 2. The van der Waals surface area contributed by atoms with Crippen LogP contribution in [0, 0.1) is 5.92 Å². The maximum absolute atomic E-state index is 13.0. The van der Waals surface area contributed by atoms with Gasteiger partial charge in [0.05, 0.1) is 5.39 Å². The minimum absolute atomic E-state index is 0. The summed E-state index contributed by atoms with van der Waals surface area (Å²) in [6, 6.07) is 7.40. The van der Waals surface area contributed by atoms with Crippen LogP contribution in [0.3, 0.4) is 0 Å². The Kier molecular flexibility index (Phi) is 6.19. The van der Waals surface area contributed by atoms with Gasteiger partial charge in [-0.15, -0.1) is 12.4 Å². The summed E-state index contributed by atoms with van der Waals surface area (Å²) in [4.78, 5) is 27.4. The van der Waals surface area contributed by atoms with Crippen LogP contribution in [0.5, 0.6) is 0 Å². The topological polar surface area (TPSA) is 67.2 Å². The van der Waals surface area contributed by atoms with Gasteiger partial charge in [0.1, 0.15) is 0 Å². The van der Waals surface area contributed by atoms with E-state index in [1.54, 1.807) is 17.0 Å². The Morgan fingerprint density at radius 1 is 1.36 bits per heavy atom. The van der Waals surface area contributed by atoms with Gasteiger partial charge in [-0.05, 0) is 24.9 Å². The van der Waals surface area contributed by atoms with Crippen LogP contribution in [0.2, 0.25) is 0 Å². The summed E-state index contributed by atoms with van der Waals surface area (Å²) >= 11 is 0. The maximum Gasteiger partial charge on any atom is 0.274 e. The molecule has 0 bridgehead atoms. The van der Waals surface area contributed by atoms with Crippen LogP contribution in [0.25, 0.3) is 10.8 Å². The molecule has 0 aliphatic carbocycles. The second-order valence-electron chi connectivity index (χ2n) is 6.84. The Morgan fingerprint density at radius 2 is 2.04 bits per heavy atom. The summed E-state index contributed by atoms with van der Waals surface area (Å²) in [6.45, 7) is 6.27. The van der Waals surface area contributed by atoms with E-state index in [9.17, 15) is 9.59 Å². The molecular formula is C18H25ClN4O2. The first-order valence-corrected chi connectivity index (χ1v) is 8.46. The molecule has 1 amide bonds. The molecule has 0 saturated carbocycles. The molecule has 1 unspecified atom stereocenters. The molecule has 25 heavy (non-hydrogen) atoms. The molecule has 1 atom stereocenters. The number of fused-ring (bicyclic) bond motifs is 1. The van der Waals surface area contributed by atoms with Gasteiger partial charge in [0.2, 0.25) is 0 Å². The van der Waals surface area contributed by atoms with Gasteiger partial charge in [0.15, 0.2) is 5.69 Å². The van der Waals surface area contributed by atoms with E-state index in [2.05, 4.69) is 10.4 Å². The van der Waals surface area contributed by atoms with Crippen molar-refractivity contribution in [1.82, 2.24) is 20.0 Å². The minimum Gasteiger partial charge on any atom is -0.336 e. The molecule has 2 aromatic rings. The zero-order valence-corrected chi connectivity index (χ0v) is 15.7. The summed E-state index contributed by atoms with van der Waals surface area (Å²) < 4.78 is 1.43. The lowest BCUT2D eigenvalue weighted by molar-refractivity contribution is 0.0737. The molecule has 136 valence electrons. The van der Waals surface area contributed by atoms with Crippen molar-refractivity contribution in [2.75, 3.05) is 20.1 Å². The summed E-state index contributed by atoms with van der Waals surface area (Å²) in [7, 11) is 1.81. The van der Waals surface area contributed by atoms with E-state index in [-0.39, 0.29) is 35.8 Å². The first kappa shape index (κ1) is 19.4. The van der Waals surface area contributed by atoms with Gasteiger partial charge in [0, 0.05) is 31.6 Å². The molecule has 1 aliphatic rings. The Hall–Kier alpha value is -1.92. The van der Waals surface area contributed by atoms with Crippen LogP contribution in [0.4, 0.5) is 0 Å². The molecule has 7 heteroatoms. The zero-order chi connectivity index (χ0) is 17.3. The molecule has 3 rings (SSSR count). The fourth-order valence-electron chi connectivity index (χ4n) is 3.17. The molecule has 1 N–H and O–H groups in total. The lowest BCUT2D eigenvalue weighted by atomic mass is 10.1. The predicted molar refractivity (Wildman–Crippen MR) is 101 cm³/mol. The van der Waals surface area contributed by atoms with Crippen LogP contribution in [-0.2, 0) is 6.54 Å². The fraction of sp³-hybridized carbons (Fsp3) is 0.500. The molecule has 1 aliphatic heterocycles. The third kappa shape index (κ3) is 3.85. The summed E-state index contributed by atoms with van der Waals surface area (Å²) in [5, 5.41) is 8.88. The third-order valence-corrected chi connectivity index (χ3v) is 4.51. The standard InChI is InChI=1S/C18H24N4O2.ClH/c1-12(2)11-22-17(23)15-7-5-4-6-14(15)16(20-22)18(24)21(3)13-8-9-19-10-13;/h4-7,12-13,19H,8-11H2,1-3H3;1H. The summed E-state index contributed by atoms with van der Waals surface area (Å²) in [5.74, 6) is 0.147. The zero-order valence-electron chi connectivity index (χ0n) is 14.9. The van der Waals surface area contributed by atoms with Crippen LogP contribution in [-0.4, -0.2) is 46.8 Å². The lowest BCUT2D eigenvalue weighted by Gasteiger charge is -2.24. The number of rotatable bonds is 4. The van der Waals surface area contributed by atoms with Gasteiger partial charge in [-0.3, -0.25) is 9.59 Å². The average Bonchev–Trinajstić information content (AvgIpc) is 3.10. The highest BCUT2D eigenvalue weighted by molar-refractivity contribution is 6.04. The highest BCUT2D eigenvalue weighted by Gasteiger charge is 2.27. The van der Waals surface area contributed by atoms with E-state index < -0.39 is 0 Å². The first-order chi connectivity index (χ1) is 11.5. The average molecular weight is 365 g/mol. The van der Waals surface area contributed by atoms with Crippen molar-refractivity contribution >= 4 is 29.1 Å². The first-order valence-electron chi connectivity index (χ1n) is 8.46. The molecule has 1 aromatic carbocycles. The minimum atomic E-state index is -0.138. The summed E-state index contributed by atoms with van der Waals surface area (Å²) in [6.07, 6.45) is 0.936. The van der Waals surface area contributed by atoms with Crippen LogP contribution in [0.15, 0.2) is 29.1 Å². The van der Waals surface area contributed by atoms with Gasteiger partial charge in [-0.1, -0.05) is 32.0 Å². The number of halogens is 1. The molecule has 6 nitrogen and oxygen atoms in total. The van der Waals surface area contributed by atoms with Crippen LogP contribution >= 0.6 is 12.4 Å². The van der Waals surface area contributed by atoms with Crippen molar-refractivity contribution in [2.24, 2.45) is 5.92 Å². The second-order valence-corrected chi connectivity index (χ2v) is 6.84. The SMILES string of the molecule is CC(C)Cn1nc(C(=O)N(C)C2CCNC2)c2ccccc2c1=O.Cl. The number of carbonyl (C=O) groups is 1. The van der Waals surface area contributed by atoms with E-state index in [0.717, 1.165) is 19.5 Å². The molecular weight excluding hydrogens is 340 g/mol. The van der Waals surface area contributed by atoms with Gasteiger partial charge in [0.25, 0.3) is 11.5 Å². The van der Waals surface area contributed by atoms with Crippen molar-refractivity contribution < 1.29 is 4.79 Å². The molecule has 2 heterocycles. The van der Waals surface area contributed by atoms with Crippen LogP contribution < -0.4 is 10.9 Å². The van der Waals surface area contributed by atoms with Crippen molar-refractivity contribution in [1.29, 1.82) is 0 Å². The number of hydrogen-bond donors (Lipinski definition) is 1. The van der Waals surface area contributed by atoms with Crippen molar-refractivity contribution in [2.45, 2.75) is 32.9 Å². The Bertz CT molecular complexity index is 812. The molecule has 1 saturated heterocycles. The van der Waals surface area contributed by atoms with E-state index in [1.807, 2.05) is 33.0 Å². The highest BCUT2D eigenvalue weighted by atomic mass is 35.5. The van der Waals surface area contributed by atoms with Crippen LogP contribution in [0.1, 0.15) is 30.8 Å². The Morgan fingerprint density at radius 3 is 2.64 bits per heavy atom.